The Balaban J connectivity index is 3.75. The SMILES string of the molecule is FC(F)(Cl)CC(F)(F)Cl. The van der Waals surface area contributed by atoms with Crippen LogP contribution in [0.4, 0.5) is 17.6 Å². The quantitative estimate of drug-likeness (QED) is 0.458. The zero-order valence-electron chi connectivity index (χ0n) is 3.97. The third-order valence-electron chi connectivity index (χ3n) is 0.401. The number of alkyl halides is 6. The van der Waals surface area contributed by atoms with Crippen LogP contribution in [0.25, 0.3) is 0 Å². The lowest BCUT2D eigenvalue weighted by Crippen LogP contribution is -2.18. The van der Waals surface area contributed by atoms with Crippen LogP contribution < -0.4 is 0 Å². The molecule has 0 amide bonds. The predicted molar refractivity (Wildman–Crippen MR) is 26.2 cm³/mol. The molecule has 0 saturated heterocycles. The highest BCUT2D eigenvalue weighted by atomic mass is 35.5. The van der Waals surface area contributed by atoms with Crippen LogP contribution in [0.5, 0.6) is 0 Å². The molecule has 0 aliphatic rings. The van der Waals surface area contributed by atoms with E-state index in [-0.39, 0.29) is 0 Å². The molecule has 0 aliphatic heterocycles. The van der Waals surface area contributed by atoms with Gasteiger partial charge in [-0.2, -0.15) is 17.6 Å². The summed E-state index contributed by atoms with van der Waals surface area (Å²) in [5, 5.41) is -7.85. The Morgan fingerprint density at radius 2 is 1.11 bits per heavy atom. The van der Waals surface area contributed by atoms with Crippen LogP contribution in [0.15, 0.2) is 0 Å². The van der Waals surface area contributed by atoms with Crippen LogP contribution in [-0.2, 0) is 0 Å². The van der Waals surface area contributed by atoms with Crippen molar-refractivity contribution in [2.75, 3.05) is 0 Å². The molecule has 0 unspecified atom stereocenters. The van der Waals surface area contributed by atoms with Crippen LogP contribution in [0.2, 0.25) is 0 Å². The van der Waals surface area contributed by atoms with Gasteiger partial charge in [0.05, 0.1) is 0 Å². The van der Waals surface area contributed by atoms with E-state index < -0.39 is 17.2 Å². The van der Waals surface area contributed by atoms with Gasteiger partial charge in [0.1, 0.15) is 6.42 Å². The number of halogens is 6. The summed E-state index contributed by atoms with van der Waals surface area (Å²) in [6, 6.07) is 0. The lowest BCUT2D eigenvalue weighted by Gasteiger charge is -2.10. The molecule has 0 aromatic rings. The fourth-order valence-electron chi connectivity index (χ4n) is 0.227. The van der Waals surface area contributed by atoms with Gasteiger partial charge in [0.25, 0.3) is 0 Å². The molecule has 0 N–H and O–H groups in total. The summed E-state index contributed by atoms with van der Waals surface area (Å²) in [5.41, 5.74) is 0. The molecule has 0 spiro atoms. The van der Waals surface area contributed by atoms with Gasteiger partial charge < -0.3 is 0 Å². The fraction of sp³-hybridized carbons (Fsp3) is 1.00. The minimum Gasteiger partial charge on any atom is -0.188 e. The predicted octanol–water partition coefficient (Wildman–Crippen LogP) is 3.04. The summed E-state index contributed by atoms with van der Waals surface area (Å²) in [6.45, 7) is 0. The number of rotatable bonds is 2. The van der Waals surface area contributed by atoms with Crippen molar-refractivity contribution in [1.29, 1.82) is 0 Å². The van der Waals surface area contributed by atoms with Crippen molar-refractivity contribution in [3.05, 3.63) is 0 Å². The van der Waals surface area contributed by atoms with Crippen LogP contribution >= 0.6 is 23.2 Å². The van der Waals surface area contributed by atoms with E-state index in [1.807, 2.05) is 0 Å². The van der Waals surface area contributed by atoms with Crippen molar-refractivity contribution in [1.82, 2.24) is 0 Å². The largest absolute Gasteiger partial charge is 0.328 e. The molecule has 6 heteroatoms. The Morgan fingerprint density at radius 3 is 1.11 bits per heavy atom. The summed E-state index contributed by atoms with van der Waals surface area (Å²) in [7, 11) is 0. The molecular formula is C3H2Cl2F4. The molecule has 0 aromatic carbocycles. The molecule has 0 saturated carbocycles. The minimum atomic E-state index is -3.93. The van der Waals surface area contributed by atoms with E-state index in [1.54, 1.807) is 0 Å². The second-order valence-corrected chi connectivity index (χ2v) is 2.51. The van der Waals surface area contributed by atoms with Gasteiger partial charge in [-0.1, -0.05) is 0 Å². The Morgan fingerprint density at radius 1 is 0.889 bits per heavy atom. The molecule has 0 aliphatic carbocycles. The summed E-state index contributed by atoms with van der Waals surface area (Å²) in [5.74, 6) is 0. The molecule has 0 heterocycles. The molecule has 0 rings (SSSR count). The van der Waals surface area contributed by atoms with Crippen molar-refractivity contribution in [2.45, 2.75) is 17.2 Å². The second-order valence-electron chi connectivity index (χ2n) is 1.41. The monoisotopic (exact) mass is 184 g/mol. The standard InChI is InChI=1S/C3H2Cl2F4/c4-2(6,7)1-3(5,8)9/h1H2. The average Bonchev–Trinajstić information content (AvgIpc) is 1.14. The highest BCUT2D eigenvalue weighted by Gasteiger charge is 2.39. The number of hydrogen-bond acceptors (Lipinski definition) is 0. The van der Waals surface area contributed by atoms with E-state index in [2.05, 4.69) is 23.2 Å². The van der Waals surface area contributed by atoms with Crippen LogP contribution in [0.1, 0.15) is 6.42 Å². The van der Waals surface area contributed by atoms with Gasteiger partial charge in [-0.15, -0.1) is 0 Å². The zero-order chi connectivity index (χ0) is 7.71. The van der Waals surface area contributed by atoms with Crippen LogP contribution in [-0.4, -0.2) is 10.8 Å². The molecule has 0 aromatic heterocycles. The Labute approximate surface area is 58.7 Å². The Hall–Kier alpha value is 0.300. The molecule has 0 radical (unpaired) electrons. The summed E-state index contributed by atoms with van der Waals surface area (Å²) in [6.07, 6.45) is -1.84. The van der Waals surface area contributed by atoms with Crippen LogP contribution in [0, 0.1) is 0 Å². The van der Waals surface area contributed by atoms with Crippen molar-refractivity contribution < 1.29 is 17.6 Å². The third-order valence-corrected chi connectivity index (χ3v) is 0.668. The van der Waals surface area contributed by atoms with Crippen molar-refractivity contribution in [3.8, 4) is 0 Å². The molecule has 0 fully saturated rings. The van der Waals surface area contributed by atoms with E-state index in [0.717, 1.165) is 0 Å². The first-order chi connectivity index (χ1) is 3.71. The first-order valence-corrected chi connectivity index (χ1v) is 2.60. The molecule has 0 atom stereocenters. The second kappa shape index (κ2) is 2.50. The maximum Gasteiger partial charge on any atom is 0.328 e. The summed E-state index contributed by atoms with van der Waals surface area (Å²) in [4.78, 5) is 0. The maximum absolute atomic E-state index is 11.4. The fourth-order valence-corrected chi connectivity index (χ4v) is 0.631. The van der Waals surface area contributed by atoms with E-state index in [4.69, 9.17) is 0 Å². The van der Waals surface area contributed by atoms with Gasteiger partial charge in [0.15, 0.2) is 0 Å². The van der Waals surface area contributed by atoms with Gasteiger partial charge in [-0.25, -0.2) is 0 Å². The zero-order valence-corrected chi connectivity index (χ0v) is 5.49. The highest BCUT2D eigenvalue weighted by molar-refractivity contribution is 6.24. The van der Waals surface area contributed by atoms with Crippen molar-refractivity contribution in [3.63, 3.8) is 0 Å². The van der Waals surface area contributed by atoms with Gasteiger partial charge >= 0.3 is 10.8 Å². The minimum absolute atomic E-state index is 1.84. The molecule has 9 heavy (non-hydrogen) atoms. The van der Waals surface area contributed by atoms with Gasteiger partial charge in [-0.3, -0.25) is 0 Å². The third kappa shape index (κ3) is 8.30. The first kappa shape index (κ1) is 9.30. The Kier molecular flexibility index (Phi) is 2.58. The normalized spacial score (nSPS) is 14.0. The van der Waals surface area contributed by atoms with Crippen molar-refractivity contribution >= 4 is 23.2 Å². The Bertz CT molecular complexity index is 79.0. The van der Waals surface area contributed by atoms with E-state index in [1.165, 1.54) is 0 Å². The topological polar surface area (TPSA) is 0 Å². The van der Waals surface area contributed by atoms with E-state index in [0.29, 0.717) is 0 Å². The van der Waals surface area contributed by atoms with Crippen LogP contribution in [0.3, 0.4) is 0 Å². The molecule has 0 nitrogen and oxygen atoms in total. The summed E-state index contributed by atoms with van der Waals surface area (Å²) >= 11 is 8.24. The maximum atomic E-state index is 11.4. The lowest BCUT2D eigenvalue weighted by molar-refractivity contribution is -0.0128. The van der Waals surface area contributed by atoms with Gasteiger partial charge in [0, 0.05) is 0 Å². The smallest absolute Gasteiger partial charge is 0.188 e. The molecule has 56 valence electrons. The lowest BCUT2D eigenvalue weighted by atomic mass is 10.5. The van der Waals surface area contributed by atoms with Gasteiger partial charge in [-0.05, 0) is 23.2 Å². The van der Waals surface area contributed by atoms with Crippen molar-refractivity contribution in [2.24, 2.45) is 0 Å². The van der Waals surface area contributed by atoms with Gasteiger partial charge in [0.2, 0.25) is 0 Å². The van der Waals surface area contributed by atoms with E-state index >= 15 is 0 Å². The first-order valence-electron chi connectivity index (χ1n) is 1.84. The average molecular weight is 185 g/mol. The number of hydrogen-bond donors (Lipinski definition) is 0. The molecule has 0 bridgehead atoms. The highest BCUT2D eigenvalue weighted by Crippen LogP contribution is 2.35. The molecular weight excluding hydrogens is 183 g/mol. The summed E-state index contributed by atoms with van der Waals surface area (Å²) < 4.78 is 45.7. The van der Waals surface area contributed by atoms with E-state index in [9.17, 15) is 17.6 Å².